The SMILES string of the molecule is CCC(COC)NCC1CCC(C)CC1. The van der Waals surface area contributed by atoms with Crippen molar-refractivity contribution < 1.29 is 4.74 Å². The number of nitrogens with one attached hydrogen (secondary N) is 1. The van der Waals surface area contributed by atoms with E-state index in [0.29, 0.717) is 6.04 Å². The number of hydrogen-bond donors (Lipinski definition) is 1. The van der Waals surface area contributed by atoms with E-state index in [1.165, 1.54) is 32.2 Å². The van der Waals surface area contributed by atoms with Crippen LogP contribution in [0.1, 0.15) is 46.0 Å². The van der Waals surface area contributed by atoms with E-state index >= 15 is 0 Å². The van der Waals surface area contributed by atoms with E-state index < -0.39 is 0 Å². The van der Waals surface area contributed by atoms with E-state index in [1.54, 1.807) is 7.11 Å². The van der Waals surface area contributed by atoms with Gasteiger partial charge in [-0.3, -0.25) is 0 Å². The van der Waals surface area contributed by atoms with Gasteiger partial charge in [0.1, 0.15) is 0 Å². The van der Waals surface area contributed by atoms with Crippen LogP contribution in [0.15, 0.2) is 0 Å². The van der Waals surface area contributed by atoms with Gasteiger partial charge in [0.05, 0.1) is 6.61 Å². The van der Waals surface area contributed by atoms with Gasteiger partial charge in [0.25, 0.3) is 0 Å². The second kappa shape index (κ2) is 7.24. The minimum absolute atomic E-state index is 0.550. The van der Waals surface area contributed by atoms with Crippen LogP contribution in [0.5, 0.6) is 0 Å². The molecule has 1 unspecified atom stereocenters. The van der Waals surface area contributed by atoms with Crippen molar-refractivity contribution >= 4 is 0 Å². The molecule has 1 fully saturated rings. The Bertz CT molecular complexity index is 153. The molecular formula is C13H27NO. The van der Waals surface area contributed by atoms with Crippen LogP contribution in [0.2, 0.25) is 0 Å². The van der Waals surface area contributed by atoms with E-state index in [1.807, 2.05) is 0 Å². The Kier molecular flexibility index (Phi) is 6.26. The smallest absolute Gasteiger partial charge is 0.0615 e. The Morgan fingerprint density at radius 3 is 2.47 bits per heavy atom. The highest BCUT2D eigenvalue weighted by molar-refractivity contribution is 4.74. The topological polar surface area (TPSA) is 21.3 Å². The summed E-state index contributed by atoms with van der Waals surface area (Å²) in [6.45, 7) is 6.64. The molecule has 0 radical (unpaired) electrons. The minimum Gasteiger partial charge on any atom is -0.383 e. The van der Waals surface area contributed by atoms with Crippen LogP contribution < -0.4 is 5.32 Å². The zero-order chi connectivity index (χ0) is 11.1. The summed E-state index contributed by atoms with van der Waals surface area (Å²) in [6.07, 6.45) is 6.84. The van der Waals surface area contributed by atoms with Crippen LogP contribution in [0.4, 0.5) is 0 Å². The third-order valence-corrected chi connectivity index (χ3v) is 3.69. The van der Waals surface area contributed by atoms with Crippen molar-refractivity contribution in [2.45, 2.75) is 52.0 Å². The van der Waals surface area contributed by atoms with E-state index in [9.17, 15) is 0 Å². The molecule has 1 rings (SSSR count). The monoisotopic (exact) mass is 213 g/mol. The zero-order valence-corrected chi connectivity index (χ0v) is 10.6. The Hall–Kier alpha value is -0.0800. The van der Waals surface area contributed by atoms with Gasteiger partial charge < -0.3 is 10.1 Å². The highest BCUT2D eigenvalue weighted by atomic mass is 16.5. The van der Waals surface area contributed by atoms with Crippen molar-refractivity contribution in [2.75, 3.05) is 20.3 Å². The zero-order valence-electron chi connectivity index (χ0n) is 10.6. The van der Waals surface area contributed by atoms with Crippen LogP contribution >= 0.6 is 0 Å². The maximum Gasteiger partial charge on any atom is 0.0615 e. The Balaban J connectivity index is 2.12. The van der Waals surface area contributed by atoms with Crippen LogP contribution in [-0.2, 0) is 4.74 Å². The van der Waals surface area contributed by atoms with Gasteiger partial charge in [-0.1, -0.05) is 26.7 Å². The number of methoxy groups -OCH3 is 1. The summed E-state index contributed by atoms with van der Waals surface area (Å²) < 4.78 is 5.19. The lowest BCUT2D eigenvalue weighted by Gasteiger charge is -2.28. The molecule has 0 aromatic heterocycles. The lowest BCUT2D eigenvalue weighted by atomic mass is 9.83. The van der Waals surface area contributed by atoms with Gasteiger partial charge in [0.2, 0.25) is 0 Å². The molecule has 1 aliphatic carbocycles. The first-order valence-electron chi connectivity index (χ1n) is 6.48. The first kappa shape index (κ1) is 13.0. The molecule has 1 aliphatic rings. The summed E-state index contributed by atoms with van der Waals surface area (Å²) in [6, 6.07) is 0.550. The average Bonchev–Trinajstić information content (AvgIpc) is 2.26. The van der Waals surface area contributed by atoms with Crippen LogP contribution in [0.25, 0.3) is 0 Å². The third-order valence-electron chi connectivity index (χ3n) is 3.69. The first-order valence-corrected chi connectivity index (χ1v) is 6.48. The fourth-order valence-corrected chi connectivity index (χ4v) is 2.39. The third kappa shape index (κ3) is 4.98. The maximum absolute atomic E-state index is 5.19. The van der Waals surface area contributed by atoms with E-state index in [0.717, 1.165) is 24.9 Å². The molecular weight excluding hydrogens is 186 g/mol. The van der Waals surface area contributed by atoms with Gasteiger partial charge in [-0.25, -0.2) is 0 Å². The van der Waals surface area contributed by atoms with Crippen molar-refractivity contribution in [2.24, 2.45) is 11.8 Å². The molecule has 1 atom stereocenters. The van der Waals surface area contributed by atoms with Crippen molar-refractivity contribution in [3.8, 4) is 0 Å². The molecule has 1 saturated carbocycles. The summed E-state index contributed by atoms with van der Waals surface area (Å²) >= 11 is 0. The Morgan fingerprint density at radius 2 is 1.93 bits per heavy atom. The molecule has 15 heavy (non-hydrogen) atoms. The molecule has 1 N–H and O–H groups in total. The first-order chi connectivity index (χ1) is 7.26. The van der Waals surface area contributed by atoms with Gasteiger partial charge in [-0.2, -0.15) is 0 Å². The minimum atomic E-state index is 0.550. The standard InChI is InChI=1S/C13H27NO/c1-4-13(10-15-3)14-9-12-7-5-11(2)6-8-12/h11-14H,4-10H2,1-3H3. The van der Waals surface area contributed by atoms with Gasteiger partial charge in [-0.05, 0) is 37.6 Å². The van der Waals surface area contributed by atoms with E-state index in [-0.39, 0.29) is 0 Å². The van der Waals surface area contributed by atoms with Crippen molar-refractivity contribution in [3.63, 3.8) is 0 Å². The van der Waals surface area contributed by atoms with Gasteiger partial charge >= 0.3 is 0 Å². The summed E-state index contributed by atoms with van der Waals surface area (Å²) in [7, 11) is 1.78. The average molecular weight is 213 g/mol. The molecule has 0 amide bonds. The quantitative estimate of drug-likeness (QED) is 0.732. The van der Waals surface area contributed by atoms with Crippen molar-refractivity contribution in [3.05, 3.63) is 0 Å². The molecule has 0 heterocycles. The fourth-order valence-electron chi connectivity index (χ4n) is 2.39. The molecule has 2 heteroatoms. The number of ether oxygens (including phenoxy) is 1. The Morgan fingerprint density at radius 1 is 1.27 bits per heavy atom. The largest absolute Gasteiger partial charge is 0.383 e. The predicted molar refractivity (Wildman–Crippen MR) is 65.1 cm³/mol. The van der Waals surface area contributed by atoms with Crippen molar-refractivity contribution in [1.82, 2.24) is 5.32 Å². The number of rotatable bonds is 6. The summed E-state index contributed by atoms with van der Waals surface area (Å²) in [5.41, 5.74) is 0. The molecule has 0 aromatic rings. The highest BCUT2D eigenvalue weighted by Gasteiger charge is 2.18. The predicted octanol–water partition coefficient (Wildman–Crippen LogP) is 2.83. The van der Waals surface area contributed by atoms with Crippen LogP contribution in [-0.4, -0.2) is 26.3 Å². The van der Waals surface area contributed by atoms with Gasteiger partial charge in [0, 0.05) is 13.2 Å². The highest BCUT2D eigenvalue weighted by Crippen LogP contribution is 2.27. The second-order valence-corrected chi connectivity index (χ2v) is 5.09. The van der Waals surface area contributed by atoms with Crippen molar-refractivity contribution in [1.29, 1.82) is 0 Å². The second-order valence-electron chi connectivity index (χ2n) is 5.09. The maximum atomic E-state index is 5.19. The van der Waals surface area contributed by atoms with Crippen LogP contribution in [0, 0.1) is 11.8 Å². The normalized spacial score (nSPS) is 29.0. The number of hydrogen-bond acceptors (Lipinski definition) is 2. The van der Waals surface area contributed by atoms with E-state index in [2.05, 4.69) is 19.2 Å². The summed E-state index contributed by atoms with van der Waals surface area (Å²) in [5.74, 6) is 1.87. The molecule has 0 spiro atoms. The molecule has 90 valence electrons. The molecule has 0 bridgehead atoms. The van der Waals surface area contributed by atoms with Crippen LogP contribution in [0.3, 0.4) is 0 Å². The summed E-state index contributed by atoms with van der Waals surface area (Å²) in [4.78, 5) is 0. The lowest BCUT2D eigenvalue weighted by molar-refractivity contribution is 0.158. The summed E-state index contributed by atoms with van der Waals surface area (Å²) in [5, 5.41) is 3.63. The Labute approximate surface area is 94.8 Å². The fraction of sp³-hybridized carbons (Fsp3) is 1.00. The lowest BCUT2D eigenvalue weighted by Crippen LogP contribution is -2.37. The van der Waals surface area contributed by atoms with Gasteiger partial charge in [0.15, 0.2) is 0 Å². The molecule has 0 aromatic carbocycles. The molecule has 0 saturated heterocycles. The van der Waals surface area contributed by atoms with E-state index in [4.69, 9.17) is 4.74 Å². The molecule has 0 aliphatic heterocycles. The van der Waals surface area contributed by atoms with Gasteiger partial charge in [-0.15, -0.1) is 0 Å². The molecule has 2 nitrogen and oxygen atoms in total.